The molecule has 0 aromatic heterocycles. The number of sulfone groups is 1. The van der Waals surface area contributed by atoms with Crippen LogP contribution in [-0.4, -0.2) is 66.7 Å². The first-order chi connectivity index (χ1) is 7.62. The molecule has 0 aliphatic heterocycles. The molecule has 0 fully saturated rings. The van der Waals surface area contributed by atoms with Gasteiger partial charge in [0.25, 0.3) is 0 Å². The van der Waals surface area contributed by atoms with Crippen LogP contribution in [-0.2, 0) is 19.9 Å². The predicted molar refractivity (Wildman–Crippen MR) is 69.3 cm³/mol. The van der Waals surface area contributed by atoms with Crippen LogP contribution in [0.2, 0.25) is 0 Å². The van der Waals surface area contributed by atoms with Crippen LogP contribution < -0.4 is 4.72 Å². The molecule has 0 amide bonds. The minimum absolute atomic E-state index is 0.0917. The molecule has 0 saturated heterocycles. The SMILES string of the molecule is CN(C)CCCNS(=O)(=O)CCCS(C)(=O)=O. The molecule has 0 aromatic rings. The Balaban J connectivity index is 3.81. The molecule has 0 bridgehead atoms. The van der Waals surface area contributed by atoms with E-state index in [1.165, 1.54) is 0 Å². The van der Waals surface area contributed by atoms with E-state index in [4.69, 9.17) is 0 Å². The Morgan fingerprint density at radius 2 is 1.59 bits per heavy atom. The molecule has 104 valence electrons. The molecular weight excluding hydrogens is 264 g/mol. The molecule has 8 heteroatoms. The summed E-state index contributed by atoms with van der Waals surface area (Å²) in [6, 6.07) is 0. The lowest BCUT2D eigenvalue weighted by atomic mass is 10.4. The van der Waals surface area contributed by atoms with Crippen molar-refractivity contribution in [2.45, 2.75) is 12.8 Å². The highest BCUT2D eigenvalue weighted by Gasteiger charge is 2.11. The first kappa shape index (κ1) is 16.8. The Morgan fingerprint density at radius 1 is 1.00 bits per heavy atom. The van der Waals surface area contributed by atoms with Crippen molar-refractivity contribution in [3.05, 3.63) is 0 Å². The van der Waals surface area contributed by atoms with E-state index in [-0.39, 0.29) is 17.9 Å². The minimum atomic E-state index is -3.33. The van der Waals surface area contributed by atoms with E-state index < -0.39 is 19.9 Å². The quantitative estimate of drug-likeness (QED) is 0.566. The van der Waals surface area contributed by atoms with Gasteiger partial charge in [-0.25, -0.2) is 21.6 Å². The molecule has 0 spiro atoms. The Kier molecular flexibility index (Phi) is 7.22. The Morgan fingerprint density at radius 3 is 2.06 bits per heavy atom. The van der Waals surface area contributed by atoms with Crippen molar-refractivity contribution < 1.29 is 16.8 Å². The second-order valence-corrected chi connectivity index (χ2v) is 8.54. The van der Waals surface area contributed by atoms with Gasteiger partial charge in [0.15, 0.2) is 0 Å². The average molecular weight is 286 g/mol. The zero-order valence-corrected chi connectivity index (χ0v) is 12.3. The normalized spacial score (nSPS) is 13.2. The van der Waals surface area contributed by atoms with E-state index in [0.29, 0.717) is 6.54 Å². The molecule has 0 aliphatic rings. The first-order valence-electron chi connectivity index (χ1n) is 5.42. The summed E-state index contributed by atoms with van der Waals surface area (Å²) in [5.74, 6) is -0.229. The molecule has 1 N–H and O–H groups in total. The number of nitrogens with zero attached hydrogens (tertiary/aromatic N) is 1. The summed E-state index contributed by atoms with van der Waals surface area (Å²) < 4.78 is 47.0. The number of hydrogen-bond acceptors (Lipinski definition) is 5. The molecule has 0 radical (unpaired) electrons. The Bertz CT molecular complexity index is 401. The summed E-state index contributed by atoms with van der Waals surface area (Å²) in [7, 11) is -2.58. The molecule has 17 heavy (non-hydrogen) atoms. The molecule has 0 aliphatic carbocycles. The molecule has 0 rings (SSSR count). The average Bonchev–Trinajstić information content (AvgIpc) is 2.09. The number of sulfonamides is 1. The van der Waals surface area contributed by atoms with Gasteiger partial charge in [-0.15, -0.1) is 0 Å². The smallest absolute Gasteiger partial charge is 0.211 e. The monoisotopic (exact) mass is 286 g/mol. The standard InChI is InChI=1S/C9H22N2O4S2/c1-11(2)7-4-6-10-17(14,15)9-5-8-16(3,12)13/h10H,4-9H2,1-3H3. The summed E-state index contributed by atoms with van der Waals surface area (Å²) in [5.41, 5.74) is 0. The van der Waals surface area contributed by atoms with Crippen molar-refractivity contribution in [2.24, 2.45) is 0 Å². The third-order valence-electron chi connectivity index (χ3n) is 2.03. The van der Waals surface area contributed by atoms with E-state index in [9.17, 15) is 16.8 Å². The fourth-order valence-electron chi connectivity index (χ4n) is 1.21. The van der Waals surface area contributed by atoms with E-state index in [1.807, 2.05) is 19.0 Å². The van der Waals surface area contributed by atoms with Gasteiger partial charge < -0.3 is 4.90 Å². The maximum absolute atomic E-state index is 11.4. The van der Waals surface area contributed by atoms with Gasteiger partial charge in [0.1, 0.15) is 9.84 Å². The first-order valence-corrected chi connectivity index (χ1v) is 9.13. The highest BCUT2D eigenvalue weighted by atomic mass is 32.2. The Hall–Kier alpha value is -0.180. The lowest BCUT2D eigenvalue weighted by Gasteiger charge is -2.10. The minimum Gasteiger partial charge on any atom is -0.309 e. The summed E-state index contributed by atoms with van der Waals surface area (Å²) in [6.45, 7) is 1.20. The maximum atomic E-state index is 11.4. The van der Waals surface area contributed by atoms with Crippen LogP contribution in [0.5, 0.6) is 0 Å². The highest BCUT2D eigenvalue weighted by molar-refractivity contribution is 7.91. The summed E-state index contributed by atoms with van der Waals surface area (Å²) in [6.07, 6.45) is 1.98. The predicted octanol–water partition coefficient (Wildman–Crippen LogP) is -0.708. The molecule has 0 aromatic carbocycles. The van der Waals surface area contributed by atoms with Gasteiger partial charge in [-0.3, -0.25) is 0 Å². The molecule has 0 heterocycles. The molecule has 0 unspecified atom stereocenters. The van der Waals surface area contributed by atoms with Gasteiger partial charge >= 0.3 is 0 Å². The number of hydrogen-bond donors (Lipinski definition) is 1. The second-order valence-electron chi connectivity index (χ2n) is 4.35. The summed E-state index contributed by atoms with van der Waals surface area (Å²) in [4.78, 5) is 1.97. The van der Waals surface area contributed by atoms with Crippen LogP contribution in [0.25, 0.3) is 0 Å². The third-order valence-corrected chi connectivity index (χ3v) is 4.53. The molecule has 0 saturated carbocycles. The lowest BCUT2D eigenvalue weighted by molar-refractivity contribution is 0.400. The second kappa shape index (κ2) is 7.30. The van der Waals surface area contributed by atoms with Crippen molar-refractivity contribution in [1.29, 1.82) is 0 Å². The van der Waals surface area contributed by atoms with Crippen LogP contribution in [0.4, 0.5) is 0 Å². The van der Waals surface area contributed by atoms with Crippen LogP contribution in [0.15, 0.2) is 0 Å². The summed E-state index contributed by atoms with van der Waals surface area (Å²) in [5, 5.41) is 0. The van der Waals surface area contributed by atoms with Gasteiger partial charge in [-0.2, -0.15) is 0 Å². The van der Waals surface area contributed by atoms with Crippen molar-refractivity contribution in [3.63, 3.8) is 0 Å². The molecule has 6 nitrogen and oxygen atoms in total. The topological polar surface area (TPSA) is 83.6 Å². The molecule has 0 atom stereocenters. The van der Waals surface area contributed by atoms with E-state index in [2.05, 4.69) is 4.72 Å². The van der Waals surface area contributed by atoms with Crippen molar-refractivity contribution in [2.75, 3.05) is 44.9 Å². The van der Waals surface area contributed by atoms with Gasteiger partial charge in [0.05, 0.1) is 11.5 Å². The number of nitrogens with one attached hydrogen (secondary N) is 1. The third kappa shape index (κ3) is 12.1. The Labute approximate surface area is 104 Å². The van der Waals surface area contributed by atoms with Gasteiger partial charge in [0.2, 0.25) is 10.0 Å². The van der Waals surface area contributed by atoms with E-state index in [0.717, 1.165) is 19.2 Å². The fourth-order valence-corrected chi connectivity index (χ4v) is 3.18. The van der Waals surface area contributed by atoms with E-state index >= 15 is 0 Å². The van der Waals surface area contributed by atoms with Crippen molar-refractivity contribution in [3.8, 4) is 0 Å². The highest BCUT2D eigenvalue weighted by Crippen LogP contribution is 1.94. The number of rotatable bonds is 9. The summed E-state index contributed by atoms with van der Waals surface area (Å²) >= 11 is 0. The van der Waals surface area contributed by atoms with Crippen molar-refractivity contribution in [1.82, 2.24) is 9.62 Å². The van der Waals surface area contributed by atoms with Crippen molar-refractivity contribution >= 4 is 19.9 Å². The zero-order chi connectivity index (χ0) is 13.5. The fraction of sp³-hybridized carbons (Fsp3) is 1.00. The van der Waals surface area contributed by atoms with Gasteiger partial charge in [0, 0.05) is 12.8 Å². The lowest BCUT2D eigenvalue weighted by Crippen LogP contribution is -2.30. The van der Waals surface area contributed by atoms with Gasteiger partial charge in [-0.1, -0.05) is 0 Å². The zero-order valence-electron chi connectivity index (χ0n) is 10.6. The van der Waals surface area contributed by atoms with Crippen LogP contribution in [0.3, 0.4) is 0 Å². The van der Waals surface area contributed by atoms with Crippen LogP contribution in [0, 0.1) is 0 Å². The van der Waals surface area contributed by atoms with Crippen LogP contribution >= 0.6 is 0 Å². The van der Waals surface area contributed by atoms with Crippen LogP contribution in [0.1, 0.15) is 12.8 Å². The largest absolute Gasteiger partial charge is 0.309 e. The molecular formula is C9H22N2O4S2. The maximum Gasteiger partial charge on any atom is 0.211 e. The van der Waals surface area contributed by atoms with Gasteiger partial charge in [-0.05, 0) is 33.5 Å². The van der Waals surface area contributed by atoms with E-state index in [1.54, 1.807) is 0 Å².